The van der Waals surface area contributed by atoms with E-state index in [0.29, 0.717) is 29.9 Å². The van der Waals surface area contributed by atoms with Crippen LogP contribution in [0.2, 0.25) is 0 Å². The predicted molar refractivity (Wildman–Crippen MR) is 138 cm³/mol. The fraction of sp³-hybridized carbons (Fsp3) is 0.267. The van der Waals surface area contributed by atoms with Crippen LogP contribution in [0.3, 0.4) is 0 Å². The Kier molecular flexibility index (Phi) is 6.97. The molecule has 0 bridgehead atoms. The lowest BCUT2D eigenvalue weighted by Gasteiger charge is -2.25. The summed E-state index contributed by atoms with van der Waals surface area (Å²) in [5.41, 5.74) is 3.17. The fourth-order valence-corrected chi connectivity index (χ4v) is 4.89. The Balaban J connectivity index is 1.53. The number of Topliss-reactive ketones (excluding diaryl/α,β-unsaturated/α-hetero) is 1. The fourth-order valence-electron chi connectivity index (χ4n) is 4.89. The Bertz CT molecular complexity index is 1350. The summed E-state index contributed by atoms with van der Waals surface area (Å²) in [6.45, 7) is 2.81. The van der Waals surface area contributed by atoms with Gasteiger partial charge in [-0.1, -0.05) is 42.5 Å². The van der Waals surface area contributed by atoms with E-state index in [1.807, 2.05) is 67.6 Å². The number of benzene rings is 3. The summed E-state index contributed by atoms with van der Waals surface area (Å²) in [6.07, 6.45) is 0.758. The van der Waals surface area contributed by atoms with Gasteiger partial charge in [-0.25, -0.2) is 0 Å². The van der Waals surface area contributed by atoms with Crippen molar-refractivity contribution >= 4 is 17.4 Å². The van der Waals surface area contributed by atoms with Crippen molar-refractivity contribution in [3.8, 4) is 11.5 Å². The van der Waals surface area contributed by atoms with E-state index in [-0.39, 0.29) is 30.6 Å². The van der Waals surface area contributed by atoms with Gasteiger partial charge in [-0.15, -0.1) is 0 Å². The van der Waals surface area contributed by atoms with Crippen LogP contribution in [0, 0.1) is 0 Å². The quantitative estimate of drug-likeness (QED) is 0.276. The highest BCUT2D eigenvalue weighted by atomic mass is 16.5. The SMILES string of the molecule is COCCN1C(=O)C(=O)/C(=C(/O)c2ccc3c(c2)C[C@@H](C)O3)[C@H]1c1cccc(OCc2ccccc2)c1. The maximum atomic E-state index is 13.3. The largest absolute Gasteiger partial charge is 0.507 e. The lowest BCUT2D eigenvalue weighted by atomic mass is 9.94. The first-order valence-electron chi connectivity index (χ1n) is 12.3. The Morgan fingerprint density at radius 3 is 2.65 bits per heavy atom. The first-order chi connectivity index (χ1) is 18.0. The van der Waals surface area contributed by atoms with Crippen molar-refractivity contribution < 1.29 is 28.9 Å². The van der Waals surface area contributed by atoms with Gasteiger partial charge in [0.1, 0.15) is 30.0 Å². The molecule has 7 heteroatoms. The summed E-state index contributed by atoms with van der Waals surface area (Å²) in [4.78, 5) is 27.8. The average Bonchev–Trinajstić information content (AvgIpc) is 3.41. The minimum Gasteiger partial charge on any atom is -0.507 e. The summed E-state index contributed by atoms with van der Waals surface area (Å²) in [6, 6.07) is 21.6. The Morgan fingerprint density at radius 2 is 1.86 bits per heavy atom. The molecule has 2 atom stereocenters. The summed E-state index contributed by atoms with van der Waals surface area (Å²) in [5.74, 6) is -0.232. The highest BCUT2D eigenvalue weighted by Crippen LogP contribution is 2.41. The number of carbonyl (C=O) groups excluding carboxylic acids is 2. The third kappa shape index (κ3) is 4.95. The van der Waals surface area contributed by atoms with E-state index in [1.54, 1.807) is 12.1 Å². The second-order valence-corrected chi connectivity index (χ2v) is 9.29. The van der Waals surface area contributed by atoms with E-state index in [4.69, 9.17) is 14.2 Å². The van der Waals surface area contributed by atoms with Crippen molar-refractivity contribution in [3.05, 3.63) is 101 Å². The van der Waals surface area contributed by atoms with Crippen LogP contribution in [-0.2, 0) is 27.4 Å². The summed E-state index contributed by atoms with van der Waals surface area (Å²) < 4.78 is 17.0. The Hall–Kier alpha value is -4.10. The van der Waals surface area contributed by atoms with Crippen LogP contribution in [0.1, 0.15) is 35.2 Å². The van der Waals surface area contributed by atoms with Crippen LogP contribution in [0.25, 0.3) is 5.76 Å². The number of ether oxygens (including phenoxy) is 3. The zero-order valence-corrected chi connectivity index (χ0v) is 20.8. The number of aliphatic hydroxyl groups is 1. The Morgan fingerprint density at radius 1 is 1.05 bits per heavy atom. The van der Waals surface area contributed by atoms with Gasteiger partial charge in [-0.2, -0.15) is 0 Å². The van der Waals surface area contributed by atoms with Crippen molar-refractivity contribution in [3.63, 3.8) is 0 Å². The van der Waals surface area contributed by atoms with Gasteiger partial charge in [0.25, 0.3) is 11.7 Å². The number of hydrogen-bond acceptors (Lipinski definition) is 6. The zero-order chi connectivity index (χ0) is 25.9. The minimum atomic E-state index is -0.779. The molecule has 0 radical (unpaired) electrons. The van der Waals surface area contributed by atoms with Crippen molar-refractivity contribution in [1.29, 1.82) is 0 Å². The Labute approximate surface area is 215 Å². The standard InChI is InChI=1S/C30H29NO6/c1-19-15-23-16-22(11-12-25(23)37-19)28(32)26-27(31(13-14-35-2)30(34)29(26)33)21-9-6-10-24(17-21)36-18-20-7-4-3-5-8-20/h3-12,16-17,19,27,32H,13-15,18H2,1-2H3/b28-26+/t19-,27-/m1/s1. The molecule has 37 heavy (non-hydrogen) atoms. The molecule has 7 nitrogen and oxygen atoms in total. The molecule has 190 valence electrons. The van der Waals surface area contributed by atoms with Crippen molar-refractivity contribution in [2.45, 2.75) is 32.1 Å². The van der Waals surface area contributed by atoms with Gasteiger partial charge >= 0.3 is 0 Å². The van der Waals surface area contributed by atoms with Crippen LogP contribution >= 0.6 is 0 Å². The first-order valence-corrected chi connectivity index (χ1v) is 12.3. The molecule has 0 saturated carbocycles. The topological polar surface area (TPSA) is 85.3 Å². The van der Waals surface area contributed by atoms with Crippen molar-refractivity contribution in [2.24, 2.45) is 0 Å². The van der Waals surface area contributed by atoms with Crippen molar-refractivity contribution in [1.82, 2.24) is 4.90 Å². The molecule has 0 aliphatic carbocycles. The molecule has 1 amide bonds. The van der Waals surface area contributed by atoms with Gasteiger partial charge in [0.2, 0.25) is 0 Å². The van der Waals surface area contributed by atoms with Crippen LogP contribution in [0.15, 0.2) is 78.4 Å². The molecular weight excluding hydrogens is 470 g/mol. The number of ketones is 1. The van der Waals surface area contributed by atoms with Gasteiger partial charge < -0.3 is 24.2 Å². The number of nitrogens with zero attached hydrogens (tertiary/aromatic N) is 1. The molecule has 2 aliphatic heterocycles. The number of amides is 1. The van der Waals surface area contributed by atoms with Crippen LogP contribution in [-0.4, -0.2) is 48.1 Å². The number of hydrogen-bond donors (Lipinski definition) is 1. The van der Waals surface area contributed by atoms with E-state index < -0.39 is 17.7 Å². The van der Waals surface area contributed by atoms with E-state index in [1.165, 1.54) is 12.0 Å². The van der Waals surface area contributed by atoms with Crippen LogP contribution < -0.4 is 9.47 Å². The minimum absolute atomic E-state index is 0.0469. The van der Waals surface area contributed by atoms with Gasteiger partial charge in [-0.05, 0) is 53.9 Å². The normalized spacial score (nSPS) is 20.1. The highest BCUT2D eigenvalue weighted by molar-refractivity contribution is 6.46. The number of methoxy groups -OCH3 is 1. The first kappa shape index (κ1) is 24.6. The monoisotopic (exact) mass is 499 g/mol. The van der Waals surface area contributed by atoms with Gasteiger partial charge in [-0.3, -0.25) is 9.59 Å². The third-order valence-corrected chi connectivity index (χ3v) is 6.67. The second-order valence-electron chi connectivity index (χ2n) is 9.29. The predicted octanol–water partition coefficient (Wildman–Crippen LogP) is 4.66. The summed E-state index contributed by atoms with van der Waals surface area (Å²) >= 11 is 0. The average molecular weight is 500 g/mol. The number of rotatable bonds is 8. The van der Waals surface area contributed by atoms with Crippen molar-refractivity contribution in [2.75, 3.05) is 20.3 Å². The molecule has 0 aromatic heterocycles. The molecule has 1 N–H and O–H groups in total. The maximum absolute atomic E-state index is 13.3. The molecular formula is C30H29NO6. The maximum Gasteiger partial charge on any atom is 0.295 e. The number of carbonyl (C=O) groups is 2. The molecule has 1 fully saturated rings. The lowest BCUT2D eigenvalue weighted by molar-refractivity contribution is -0.140. The highest BCUT2D eigenvalue weighted by Gasteiger charge is 2.46. The van der Waals surface area contributed by atoms with Gasteiger partial charge in [0.05, 0.1) is 18.2 Å². The molecule has 2 heterocycles. The molecule has 3 aromatic carbocycles. The molecule has 5 rings (SSSR count). The molecule has 1 saturated heterocycles. The number of aliphatic hydroxyl groups excluding tert-OH is 1. The van der Waals surface area contributed by atoms with Gasteiger partial charge in [0.15, 0.2) is 0 Å². The van der Waals surface area contributed by atoms with E-state index in [0.717, 1.165) is 16.9 Å². The van der Waals surface area contributed by atoms with E-state index >= 15 is 0 Å². The van der Waals surface area contributed by atoms with E-state index in [2.05, 4.69) is 0 Å². The number of likely N-dealkylation sites (tertiary alicyclic amines) is 1. The van der Waals surface area contributed by atoms with E-state index in [9.17, 15) is 14.7 Å². The molecule has 3 aromatic rings. The van der Waals surface area contributed by atoms with Crippen LogP contribution in [0.5, 0.6) is 11.5 Å². The summed E-state index contributed by atoms with van der Waals surface area (Å²) in [7, 11) is 1.54. The lowest BCUT2D eigenvalue weighted by Crippen LogP contribution is -2.32. The molecule has 0 spiro atoms. The summed E-state index contributed by atoms with van der Waals surface area (Å²) in [5, 5.41) is 11.4. The smallest absolute Gasteiger partial charge is 0.295 e. The zero-order valence-electron chi connectivity index (χ0n) is 20.8. The second kappa shape index (κ2) is 10.5. The third-order valence-electron chi connectivity index (χ3n) is 6.67. The molecule has 2 aliphatic rings. The number of fused-ring (bicyclic) bond motifs is 1. The molecule has 0 unspecified atom stereocenters. The van der Waals surface area contributed by atoms with Gasteiger partial charge in [0, 0.05) is 25.6 Å². The van der Waals surface area contributed by atoms with Crippen LogP contribution in [0.4, 0.5) is 0 Å².